The number of ether oxygens (including phenoxy) is 1. The zero-order chi connectivity index (χ0) is 17.3. The molecule has 1 aliphatic heterocycles. The molecule has 3 atom stereocenters. The molecule has 1 aromatic rings. The molecule has 2 aliphatic rings. The van der Waals surface area contributed by atoms with Crippen molar-refractivity contribution in [1.82, 2.24) is 0 Å². The Hall–Kier alpha value is -1.66. The van der Waals surface area contributed by atoms with Crippen molar-refractivity contribution in [2.75, 3.05) is 12.9 Å². The molecule has 0 radical (unpaired) electrons. The van der Waals surface area contributed by atoms with Crippen LogP contribution in [0.3, 0.4) is 0 Å². The van der Waals surface area contributed by atoms with Crippen LogP contribution < -0.4 is 0 Å². The highest BCUT2D eigenvalue weighted by molar-refractivity contribution is 8.01. The predicted molar refractivity (Wildman–Crippen MR) is 89.0 cm³/mol. The van der Waals surface area contributed by atoms with Gasteiger partial charge in [0.15, 0.2) is 5.78 Å². The van der Waals surface area contributed by atoms with Crippen LogP contribution in [0.1, 0.15) is 24.8 Å². The van der Waals surface area contributed by atoms with Crippen LogP contribution in [0.25, 0.3) is 0 Å². The minimum Gasteiger partial charge on any atom is -0.468 e. The Balaban J connectivity index is 2.07. The molecule has 1 saturated heterocycles. The fourth-order valence-corrected chi connectivity index (χ4v) is 5.16. The van der Waals surface area contributed by atoms with Crippen molar-refractivity contribution in [2.45, 2.75) is 30.1 Å². The zero-order valence-electron chi connectivity index (χ0n) is 13.3. The third-order valence-corrected chi connectivity index (χ3v) is 6.12. The molecule has 0 spiro atoms. The van der Waals surface area contributed by atoms with Gasteiger partial charge in [-0.1, -0.05) is 17.7 Å². The quantitative estimate of drug-likeness (QED) is 0.849. The average Bonchev–Trinajstić information content (AvgIpc) is 2.93. The summed E-state index contributed by atoms with van der Waals surface area (Å²) in [5.74, 6) is -1.23. The average molecular weight is 350 g/mol. The van der Waals surface area contributed by atoms with Gasteiger partial charge in [-0.3, -0.25) is 9.59 Å². The van der Waals surface area contributed by atoms with E-state index in [-0.39, 0.29) is 11.5 Å². The largest absolute Gasteiger partial charge is 0.468 e. The molecular formula is C18H19FO4S. The van der Waals surface area contributed by atoms with Crippen molar-refractivity contribution in [3.63, 3.8) is 0 Å². The van der Waals surface area contributed by atoms with E-state index >= 15 is 0 Å². The second-order valence-corrected chi connectivity index (χ2v) is 7.34. The molecular weight excluding hydrogens is 331 g/mol. The van der Waals surface area contributed by atoms with Gasteiger partial charge in [0.2, 0.25) is 0 Å². The van der Waals surface area contributed by atoms with Crippen molar-refractivity contribution >= 4 is 23.5 Å². The van der Waals surface area contributed by atoms with Crippen molar-refractivity contribution in [3.05, 3.63) is 47.3 Å². The van der Waals surface area contributed by atoms with Gasteiger partial charge in [-0.2, -0.15) is 0 Å². The Labute approximate surface area is 144 Å². The molecule has 128 valence electrons. The number of allylic oxidation sites excluding steroid dienone is 1. The topological polar surface area (TPSA) is 63.6 Å². The monoisotopic (exact) mass is 350 g/mol. The van der Waals surface area contributed by atoms with E-state index < -0.39 is 28.6 Å². The minimum absolute atomic E-state index is 0.00152. The van der Waals surface area contributed by atoms with E-state index in [0.29, 0.717) is 24.8 Å². The summed E-state index contributed by atoms with van der Waals surface area (Å²) in [6, 6.07) is 5.79. The summed E-state index contributed by atoms with van der Waals surface area (Å²) < 4.78 is 18.5. The first-order valence-electron chi connectivity index (χ1n) is 7.87. The Morgan fingerprint density at radius 2 is 2.21 bits per heavy atom. The standard InChI is InChI=1S/C18H19FO4S/c1-23-17(21)16-15(11-4-2-7-14(20)8-11)18(22,10-24-16)12-5-3-6-13(19)9-12/h3,5-6,8-9,15-16,22H,2,4,7,10H2,1H3/t15-,16+,18-/m1/s1. The van der Waals surface area contributed by atoms with Gasteiger partial charge >= 0.3 is 5.97 Å². The van der Waals surface area contributed by atoms with Gasteiger partial charge in [0.1, 0.15) is 16.7 Å². The van der Waals surface area contributed by atoms with Gasteiger partial charge in [-0.15, -0.1) is 11.8 Å². The van der Waals surface area contributed by atoms with Crippen LogP contribution in [0, 0.1) is 11.7 Å². The number of esters is 1. The molecule has 0 amide bonds. The van der Waals surface area contributed by atoms with Gasteiger partial charge in [0.25, 0.3) is 0 Å². The molecule has 0 unspecified atom stereocenters. The van der Waals surface area contributed by atoms with Crippen molar-refractivity contribution in [3.8, 4) is 0 Å². The first kappa shape index (κ1) is 17.2. The number of benzene rings is 1. The molecule has 24 heavy (non-hydrogen) atoms. The Kier molecular flexibility index (Phi) is 4.78. The van der Waals surface area contributed by atoms with E-state index in [1.165, 1.54) is 37.1 Å². The van der Waals surface area contributed by atoms with E-state index in [2.05, 4.69) is 0 Å². The lowest BCUT2D eigenvalue weighted by atomic mass is 9.73. The maximum atomic E-state index is 13.7. The van der Waals surface area contributed by atoms with Crippen LogP contribution in [-0.4, -0.2) is 35.0 Å². The van der Waals surface area contributed by atoms with Crippen LogP contribution in [0.2, 0.25) is 0 Å². The highest BCUT2D eigenvalue weighted by Crippen LogP contribution is 2.51. The van der Waals surface area contributed by atoms with Crippen LogP contribution in [0.5, 0.6) is 0 Å². The Morgan fingerprint density at radius 3 is 2.88 bits per heavy atom. The van der Waals surface area contributed by atoms with Crippen molar-refractivity contribution in [2.24, 2.45) is 5.92 Å². The highest BCUT2D eigenvalue weighted by atomic mass is 32.2. The van der Waals surface area contributed by atoms with Gasteiger partial charge < -0.3 is 9.84 Å². The first-order chi connectivity index (χ1) is 11.5. The third-order valence-electron chi connectivity index (χ3n) is 4.69. The molecule has 1 fully saturated rings. The van der Waals surface area contributed by atoms with Gasteiger partial charge in [-0.05, 0) is 36.6 Å². The fourth-order valence-electron chi connectivity index (χ4n) is 3.56. The Bertz CT molecular complexity index is 702. The summed E-state index contributed by atoms with van der Waals surface area (Å²) in [7, 11) is 1.31. The third kappa shape index (κ3) is 3.00. The van der Waals surface area contributed by atoms with Crippen molar-refractivity contribution in [1.29, 1.82) is 0 Å². The smallest absolute Gasteiger partial charge is 0.319 e. The molecule has 1 aromatic carbocycles. The summed E-state index contributed by atoms with van der Waals surface area (Å²) in [4.78, 5) is 24.0. The molecule has 0 aromatic heterocycles. The first-order valence-corrected chi connectivity index (χ1v) is 8.92. The second-order valence-electron chi connectivity index (χ2n) is 6.21. The number of carbonyl (C=O) groups excluding carboxylic acids is 2. The number of thioether (sulfide) groups is 1. The van der Waals surface area contributed by atoms with Crippen LogP contribution in [0.15, 0.2) is 35.9 Å². The summed E-state index contributed by atoms with van der Waals surface area (Å²) in [5.41, 5.74) is -0.238. The second kappa shape index (κ2) is 6.69. The molecule has 1 N–H and O–H groups in total. The lowest BCUT2D eigenvalue weighted by Crippen LogP contribution is -2.41. The summed E-state index contributed by atoms with van der Waals surface area (Å²) in [5, 5.41) is 10.7. The SMILES string of the molecule is COC(=O)[C@H]1SC[C@@](O)(c2cccc(F)c2)[C@@H]1C1=CC(=O)CCC1. The van der Waals surface area contributed by atoms with E-state index in [1.807, 2.05) is 0 Å². The number of hydrogen-bond donors (Lipinski definition) is 1. The molecule has 3 rings (SSSR count). The minimum atomic E-state index is -1.41. The molecule has 0 saturated carbocycles. The normalized spacial score (nSPS) is 30.1. The zero-order valence-corrected chi connectivity index (χ0v) is 14.1. The molecule has 4 nitrogen and oxygen atoms in total. The summed E-state index contributed by atoms with van der Waals surface area (Å²) >= 11 is 1.29. The Morgan fingerprint density at radius 1 is 1.42 bits per heavy atom. The number of carbonyl (C=O) groups is 2. The lowest BCUT2D eigenvalue weighted by molar-refractivity contribution is -0.142. The van der Waals surface area contributed by atoms with E-state index in [9.17, 15) is 19.1 Å². The van der Waals surface area contributed by atoms with Crippen LogP contribution in [-0.2, 0) is 19.9 Å². The van der Waals surface area contributed by atoms with Crippen LogP contribution in [0.4, 0.5) is 4.39 Å². The summed E-state index contributed by atoms with van der Waals surface area (Å²) in [6.45, 7) is 0. The summed E-state index contributed by atoms with van der Waals surface area (Å²) in [6.07, 6.45) is 3.35. The maximum Gasteiger partial charge on any atom is 0.319 e. The number of halogens is 1. The lowest BCUT2D eigenvalue weighted by Gasteiger charge is -2.34. The van der Waals surface area contributed by atoms with Gasteiger partial charge in [0, 0.05) is 18.1 Å². The number of methoxy groups -OCH3 is 1. The van der Waals surface area contributed by atoms with Crippen LogP contribution >= 0.6 is 11.8 Å². The van der Waals surface area contributed by atoms with E-state index in [4.69, 9.17) is 4.74 Å². The number of ketones is 1. The predicted octanol–water partition coefficient (Wildman–Crippen LogP) is 2.60. The molecule has 1 heterocycles. The number of hydrogen-bond acceptors (Lipinski definition) is 5. The van der Waals surface area contributed by atoms with E-state index in [0.717, 1.165) is 5.57 Å². The molecule has 1 aliphatic carbocycles. The van der Waals surface area contributed by atoms with Crippen molar-refractivity contribution < 1.29 is 23.8 Å². The fraction of sp³-hybridized carbons (Fsp3) is 0.444. The van der Waals surface area contributed by atoms with Gasteiger partial charge in [-0.25, -0.2) is 4.39 Å². The van der Waals surface area contributed by atoms with Gasteiger partial charge in [0.05, 0.1) is 7.11 Å². The highest BCUT2D eigenvalue weighted by Gasteiger charge is 2.54. The maximum absolute atomic E-state index is 13.7. The molecule has 0 bridgehead atoms. The van der Waals surface area contributed by atoms with E-state index in [1.54, 1.807) is 12.1 Å². The number of rotatable bonds is 3. The number of aliphatic hydroxyl groups is 1. The molecule has 6 heteroatoms.